The van der Waals surface area contributed by atoms with Gasteiger partial charge in [0.05, 0.1) is 46.8 Å². The Kier molecular flexibility index (Phi) is 14.6. The number of pyridine rings is 2. The Morgan fingerprint density at radius 3 is 2.62 bits per heavy atom. The van der Waals surface area contributed by atoms with Gasteiger partial charge in [0.25, 0.3) is 5.88 Å². The lowest BCUT2D eigenvalue weighted by Crippen LogP contribution is -2.60. The fraction of sp³-hybridized carbons (Fsp3) is 0.474. The largest absolute Gasteiger partial charge is 0.475 e. The number of halogens is 1. The van der Waals surface area contributed by atoms with Crippen molar-refractivity contribution in [2.45, 2.75) is 127 Å². The number of nitrogens with one attached hydrogen (secondary N) is 4. The van der Waals surface area contributed by atoms with Crippen LogP contribution >= 0.6 is 11.3 Å². The third-order valence-corrected chi connectivity index (χ3v) is 17.0. The first-order valence-corrected chi connectivity index (χ1v) is 27.6. The number of aromatic nitrogens is 6. The molecule has 76 heavy (non-hydrogen) atoms. The van der Waals surface area contributed by atoms with E-state index in [2.05, 4.69) is 54.3 Å². The number of anilines is 1. The maximum absolute atomic E-state index is 17.1. The number of fused-ring (bicyclic) bond motifs is 4. The molecule has 7 aromatic rings. The first-order chi connectivity index (χ1) is 36.7. The van der Waals surface area contributed by atoms with Gasteiger partial charge in [-0.2, -0.15) is 9.97 Å². The van der Waals surface area contributed by atoms with Gasteiger partial charge in [-0.05, 0) is 92.1 Å². The Labute approximate surface area is 445 Å². The van der Waals surface area contributed by atoms with Crippen molar-refractivity contribution in [1.29, 1.82) is 0 Å². The molecule has 0 radical (unpaired) electrons. The van der Waals surface area contributed by atoms with E-state index in [1.807, 2.05) is 69.6 Å². The van der Waals surface area contributed by atoms with Crippen LogP contribution in [0.3, 0.4) is 0 Å². The number of piperidine rings is 1. The second kappa shape index (κ2) is 21.5. The highest BCUT2D eigenvalue weighted by atomic mass is 32.1. The molecule has 17 nitrogen and oxygen atoms in total. The van der Waals surface area contributed by atoms with Gasteiger partial charge in [0.15, 0.2) is 17.1 Å². The van der Waals surface area contributed by atoms with E-state index in [-0.39, 0.29) is 54.4 Å². The number of benzene rings is 2. The SMILES string of the molecule is CCc1cccc2cncc(-c3ncc4c(N5CC6CCC(C5)N6)nc(OCCC5CC(COc6cc(C(C)(C)CC(=O)[C@@]7(C(=O)N[C@@H](C)c8ccc(-c9scnc9C)cc8)CC(O)CN7)on6)CCN5)nc4c3F)c12. The van der Waals surface area contributed by atoms with Crippen molar-refractivity contribution in [3.05, 3.63) is 101 Å². The minimum atomic E-state index is -1.62. The van der Waals surface area contributed by atoms with Crippen molar-refractivity contribution in [1.82, 2.24) is 51.3 Å². The number of ether oxygens (including phenoxy) is 2. The topological polar surface area (TPSA) is 215 Å². The summed E-state index contributed by atoms with van der Waals surface area (Å²) in [5, 5.41) is 30.7. The van der Waals surface area contributed by atoms with Gasteiger partial charge in [0.1, 0.15) is 22.8 Å². The van der Waals surface area contributed by atoms with Gasteiger partial charge in [0, 0.05) is 91.6 Å². The second-order valence-electron chi connectivity index (χ2n) is 21.8. The molecule has 5 N–H and O–H groups in total. The number of aliphatic hydroxyl groups is 1. The summed E-state index contributed by atoms with van der Waals surface area (Å²) >= 11 is 1.58. The average molecular weight is 1050 g/mol. The number of rotatable bonds is 18. The van der Waals surface area contributed by atoms with Crippen LogP contribution in [0.4, 0.5) is 10.2 Å². The number of hydrogen-bond donors (Lipinski definition) is 5. The lowest BCUT2D eigenvalue weighted by molar-refractivity contribution is -0.138. The second-order valence-corrected chi connectivity index (χ2v) is 22.7. The van der Waals surface area contributed by atoms with Crippen LogP contribution in [0.15, 0.2) is 77.2 Å². The lowest BCUT2D eigenvalue weighted by Gasteiger charge is -2.34. The maximum Gasteiger partial charge on any atom is 0.319 e. The summed E-state index contributed by atoms with van der Waals surface area (Å²) in [6.07, 6.45) is 9.56. The van der Waals surface area contributed by atoms with Gasteiger partial charge in [-0.15, -0.1) is 11.3 Å². The number of piperazine rings is 1. The lowest BCUT2D eigenvalue weighted by atomic mass is 9.77. The van der Waals surface area contributed by atoms with E-state index in [0.29, 0.717) is 60.1 Å². The Hall–Kier alpha value is -6.51. The normalized spacial score (nSPS) is 23.0. The molecular formula is C57H66FN11O6S. The Morgan fingerprint density at radius 2 is 1.87 bits per heavy atom. The van der Waals surface area contributed by atoms with E-state index in [1.54, 1.807) is 36.0 Å². The van der Waals surface area contributed by atoms with Crippen LogP contribution in [0.1, 0.15) is 101 Å². The smallest absolute Gasteiger partial charge is 0.319 e. The molecule has 1 amide bonds. The molecule has 4 aliphatic heterocycles. The van der Waals surface area contributed by atoms with Crippen LogP contribution < -0.4 is 35.6 Å². The van der Waals surface area contributed by atoms with E-state index in [4.69, 9.17) is 28.9 Å². The van der Waals surface area contributed by atoms with E-state index in [9.17, 15) is 14.7 Å². The average Bonchev–Trinajstić information content (AvgIpc) is 4.27. The number of carbonyl (C=O) groups excluding carboxylic acids is 2. The van der Waals surface area contributed by atoms with Gasteiger partial charge in [-0.3, -0.25) is 24.9 Å². The van der Waals surface area contributed by atoms with Crippen LogP contribution in [0.25, 0.3) is 43.4 Å². The molecule has 4 saturated heterocycles. The van der Waals surface area contributed by atoms with Crippen LogP contribution in [0.5, 0.6) is 11.9 Å². The number of Topliss-reactive ketones (excluding diaryl/α,β-unsaturated/α-hetero) is 1. The summed E-state index contributed by atoms with van der Waals surface area (Å²) in [6, 6.07) is 16.2. The molecule has 7 atom stereocenters. The van der Waals surface area contributed by atoms with Crippen molar-refractivity contribution < 1.29 is 33.1 Å². The Morgan fingerprint density at radius 1 is 1.05 bits per heavy atom. The number of amides is 1. The Balaban J connectivity index is 0.717. The van der Waals surface area contributed by atoms with Gasteiger partial charge >= 0.3 is 6.01 Å². The zero-order chi connectivity index (χ0) is 52.7. The number of nitrogens with zero attached hydrogens (tertiary/aromatic N) is 7. The van der Waals surface area contributed by atoms with E-state index < -0.39 is 34.8 Å². The van der Waals surface area contributed by atoms with E-state index in [1.165, 1.54) is 0 Å². The molecule has 11 rings (SSSR count). The van der Waals surface area contributed by atoms with Gasteiger partial charge in [0.2, 0.25) is 5.91 Å². The molecule has 4 aliphatic rings. The first-order valence-electron chi connectivity index (χ1n) is 26.7. The minimum Gasteiger partial charge on any atom is -0.475 e. The maximum atomic E-state index is 17.1. The molecule has 398 valence electrons. The van der Waals surface area contributed by atoms with Crippen LogP contribution in [-0.4, -0.2) is 116 Å². The van der Waals surface area contributed by atoms with Crippen molar-refractivity contribution in [2.24, 2.45) is 5.92 Å². The molecule has 19 heteroatoms. The number of aryl methyl sites for hydroxylation is 2. The van der Waals surface area contributed by atoms with Crippen LogP contribution in [0, 0.1) is 18.7 Å². The van der Waals surface area contributed by atoms with Gasteiger partial charge < -0.3 is 40.0 Å². The third kappa shape index (κ3) is 10.4. The fourth-order valence-corrected chi connectivity index (χ4v) is 12.5. The zero-order valence-electron chi connectivity index (χ0n) is 43.7. The third-order valence-electron chi connectivity index (χ3n) is 16.0. The van der Waals surface area contributed by atoms with E-state index >= 15 is 4.39 Å². The summed E-state index contributed by atoms with van der Waals surface area (Å²) < 4.78 is 35.4. The van der Waals surface area contributed by atoms with E-state index in [0.717, 1.165) is 89.8 Å². The van der Waals surface area contributed by atoms with Gasteiger partial charge in [-0.1, -0.05) is 63.2 Å². The standard InChI is InChI=1S/C57H66FN11O6S/c1-6-35-8-7-9-38-24-59-26-43(48(35)38)50-49(58)51-44(27-61-50)53(69-28-40-14-15-41(29-69)65-40)67-55(66-51)73-19-17-39-20-34(16-18-60-39)30-74-47-21-46(75-68-47)56(4,5)23-45(71)57(22-42(70)25-63-57)54(72)64-32(2)36-10-12-37(13-11-36)52-33(3)62-31-76-52/h7-13,21,24,26-27,31-32,34,39-42,60,63,65,70H,6,14-20,22-23,25,28-30H2,1-5H3,(H,64,72)/t32-,34?,39?,40?,41?,42?,57+/m0/s1. The number of ketones is 1. The number of thiazole rings is 1. The highest BCUT2D eigenvalue weighted by molar-refractivity contribution is 7.13. The predicted molar refractivity (Wildman–Crippen MR) is 289 cm³/mol. The van der Waals surface area contributed by atoms with Gasteiger partial charge in [-0.25, -0.2) is 9.37 Å². The van der Waals surface area contributed by atoms with Crippen molar-refractivity contribution in [3.63, 3.8) is 0 Å². The predicted octanol–water partition coefficient (Wildman–Crippen LogP) is 7.73. The molecule has 0 spiro atoms. The summed E-state index contributed by atoms with van der Waals surface area (Å²) in [7, 11) is 0. The number of hydrogen-bond acceptors (Lipinski definition) is 17. The van der Waals surface area contributed by atoms with Crippen LogP contribution in [0.2, 0.25) is 0 Å². The van der Waals surface area contributed by atoms with Crippen LogP contribution in [-0.2, 0) is 21.4 Å². The molecule has 9 heterocycles. The fourth-order valence-electron chi connectivity index (χ4n) is 11.7. The van der Waals surface area contributed by atoms with Crippen molar-refractivity contribution >= 4 is 50.5 Å². The highest BCUT2D eigenvalue weighted by Crippen LogP contribution is 2.39. The molecule has 0 saturated carbocycles. The first kappa shape index (κ1) is 51.6. The molecule has 5 aromatic heterocycles. The summed E-state index contributed by atoms with van der Waals surface area (Å²) in [6.45, 7) is 12.8. The zero-order valence-corrected chi connectivity index (χ0v) is 44.5. The molecule has 0 aliphatic carbocycles. The number of aliphatic hydroxyl groups excluding tert-OH is 1. The summed E-state index contributed by atoms with van der Waals surface area (Å²) in [4.78, 5) is 54.9. The Bertz CT molecular complexity index is 3240. The van der Waals surface area contributed by atoms with Crippen molar-refractivity contribution in [2.75, 3.05) is 44.3 Å². The molecule has 2 bridgehead atoms. The summed E-state index contributed by atoms with van der Waals surface area (Å²) in [5.74, 6) is 0.244. The quantitative estimate of drug-likeness (QED) is 0.0520. The highest BCUT2D eigenvalue weighted by Gasteiger charge is 2.52. The van der Waals surface area contributed by atoms with Crippen molar-refractivity contribution in [3.8, 4) is 33.6 Å². The monoisotopic (exact) mass is 1050 g/mol. The number of carbonyl (C=O) groups is 2. The molecule has 5 unspecified atom stereocenters. The number of β-amino-alcohol motifs (C(OH)–C–C–N with tert-alkyl or cyclic N) is 1. The summed E-state index contributed by atoms with van der Waals surface area (Å²) in [5.41, 5.74) is 4.32. The molecule has 4 fully saturated rings. The molecule has 2 aromatic carbocycles. The minimum absolute atomic E-state index is 0.0439. The molecular weight excluding hydrogens is 986 g/mol.